The zero-order valence-corrected chi connectivity index (χ0v) is 9.69. The minimum atomic E-state index is 0.337. The molecule has 1 fully saturated rings. The van der Waals surface area contributed by atoms with Crippen LogP contribution in [0, 0.1) is 17.2 Å². The van der Waals surface area contributed by atoms with E-state index < -0.39 is 0 Å². The Hall–Kier alpha value is -1.57. The number of ether oxygens (including phenoxy) is 2. The van der Waals surface area contributed by atoms with Gasteiger partial charge in [0.15, 0.2) is 0 Å². The second kappa shape index (κ2) is 6.24. The lowest BCUT2D eigenvalue weighted by Crippen LogP contribution is -2.27. The molecule has 0 radical (unpaired) electrons. The SMILES string of the molecule is N#Cc1ccccc1OCC1CNCCOC1. The van der Waals surface area contributed by atoms with Crippen molar-refractivity contribution < 1.29 is 9.47 Å². The zero-order valence-electron chi connectivity index (χ0n) is 9.69. The fourth-order valence-corrected chi connectivity index (χ4v) is 1.76. The van der Waals surface area contributed by atoms with Crippen LogP contribution in [0.15, 0.2) is 24.3 Å². The van der Waals surface area contributed by atoms with Crippen LogP contribution in [-0.2, 0) is 4.74 Å². The van der Waals surface area contributed by atoms with Gasteiger partial charge in [-0.1, -0.05) is 12.1 Å². The van der Waals surface area contributed by atoms with Gasteiger partial charge in [-0.25, -0.2) is 0 Å². The summed E-state index contributed by atoms with van der Waals surface area (Å²) in [6.07, 6.45) is 0. The van der Waals surface area contributed by atoms with Gasteiger partial charge in [0.2, 0.25) is 0 Å². The van der Waals surface area contributed by atoms with Gasteiger partial charge in [0.1, 0.15) is 11.8 Å². The van der Waals surface area contributed by atoms with Gasteiger partial charge < -0.3 is 14.8 Å². The molecular formula is C13H16N2O2. The fraction of sp³-hybridized carbons (Fsp3) is 0.462. The number of nitriles is 1. The Morgan fingerprint density at radius 3 is 3.24 bits per heavy atom. The van der Waals surface area contributed by atoms with Gasteiger partial charge in [0, 0.05) is 19.0 Å². The smallest absolute Gasteiger partial charge is 0.137 e. The van der Waals surface area contributed by atoms with Gasteiger partial charge in [-0.3, -0.25) is 0 Å². The molecule has 90 valence electrons. The van der Waals surface area contributed by atoms with Crippen molar-refractivity contribution in [3.63, 3.8) is 0 Å². The minimum Gasteiger partial charge on any atom is -0.492 e. The molecule has 0 aliphatic carbocycles. The maximum Gasteiger partial charge on any atom is 0.137 e. The summed E-state index contributed by atoms with van der Waals surface area (Å²) < 4.78 is 11.1. The molecule has 0 spiro atoms. The van der Waals surface area contributed by atoms with Gasteiger partial charge in [0.25, 0.3) is 0 Å². The summed E-state index contributed by atoms with van der Waals surface area (Å²) in [7, 11) is 0. The molecule has 1 N–H and O–H groups in total. The molecule has 1 unspecified atom stereocenters. The molecule has 0 amide bonds. The second-order valence-electron chi connectivity index (χ2n) is 4.06. The van der Waals surface area contributed by atoms with E-state index >= 15 is 0 Å². The van der Waals surface area contributed by atoms with Crippen LogP contribution in [0.25, 0.3) is 0 Å². The summed E-state index contributed by atoms with van der Waals surface area (Å²) in [6, 6.07) is 9.42. The van der Waals surface area contributed by atoms with Gasteiger partial charge in [-0.05, 0) is 12.1 Å². The molecule has 17 heavy (non-hydrogen) atoms. The maximum atomic E-state index is 8.93. The Kier molecular flexibility index (Phi) is 4.37. The third-order valence-electron chi connectivity index (χ3n) is 2.69. The number of hydrogen-bond donors (Lipinski definition) is 1. The monoisotopic (exact) mass is 232 g/mol. The summed E-state index contributed by atoms with van der Waals surface area (Å²) >= 11 is 0. The first kappa shape index (κ1) is 11.9. The molecule has 1 aliphatic rings. The normalized spacial score (nSPS) is 20.3. The van der Waals surface area contributed by atoms with E-state index in [4.69, 9.17) is 14.7 Å². The highest BCUT2D eigenvalue weighted by atomic mass is 16.5. The van der Waals surface area contributed by atoms with Crippen molar-refractivity contribution in [2.75, 3.05) is 32.9 Å². The summed E-state index contributed by atoms with van der Waals surface area (Å²) in [4.78, 5) is 0. The highest BCUT2D eigenvalue weighted by Gasteiger charge is 2.13. The van der Waals surface area contributed by atoms with E-state index in [9.17, 15) is 0 Å². The molecule has 4 heteroatoms. The largest absolute Gasteiger partial charge is 0.492 e. The lowest BCUT2D eigenvalue weighted by atomic mass is 10.1. The number of hydrogen-bond acceptors (Lipinski definition) is 4. The predicted octanol–water partition coefficient (Wildman–Crippen LogP) is 1.17. The molecule has 2 rings (SSSR count). The van der Waals surface area contributed by atoms with E-state index in [1.54, 1.807) is 6.07 Å². The van der Waals surface area contributed by atoms with Crippen LogP contribution in [0.1, 0.15) is 5.56 Å². The van der Waals surface area contributed by atoms with Crippen molar-refractivity contribution in [1.82, 2.24) is 5.32 Å². The first-order valence-electron chi connectivity index (χ1n) is 5.80. The number of rotatable bonds is 3. The van der Waals surface area contributed by atoms with E-state index in [1.807, 2.05) is 18.2 Å². The van der Waals surface area contributed by atoms with Crippen LogP contribution in [0.4, 0.5) is 0 Å². The van der Waals surface area contributed by atoms with Crippen LogP contribution < -0.4 is 10.1 Å². The molecule has 0 aromatic heterocycles. The van der Waals surface area contributed by atoms with Crippen molar-refractivity contribution in [1.29, 1.82) is 5.26 Å². The van der Waals surface area contributed by atoms with Crippen molar-refractivity contribution in [3.8, 4) is 11.8 Å². The molecule has 4 nitrogen and oxygen atoms in total. The van der Waals surface area contributed by atoms with Crippen molar-refractivity contribution >= 4 is 0 Å². The van der Waals surface area contributed by atoms with Gasteiger partial charge in [-0.2, -0.15) is 5.26 Å². The molecule has 1 aromatic rings. The van der Waals surface area contributed by atoms with Crippen molar-refractivity contribution in [3.05, 3.63) is 29.8 Å². The maximum absolute atomic E-state index is 8.93. The molecule has 0 saturated carbocycles. The third-order valence-corrected chi connectivity index (χ3v) is 2.69. The Labute approximate surface area is 101 Å². The molecule has 1 heterocycles. The van der Waals surface area contributed by atoms with E-state index in [-0.39, 0.29) is 0 Å². The van der Waals surface area contributed by atoms with Crippen LogP contribution in [0.5, 0.6) is 5.75 Å². The standard InChI is InChI=1S/C13H16N2O2/c14-7-12-3-1-2-4-13(12)17-10-11-8-15-5-6-16-9-11/h1-4,11,15H,5-6,8-10H2. The van der Waals surface area contributed by atoms with Crippen LogP contribution in [0.3, 0.4) is 0 Å². The quantitative estimate of drug-likeness (QED) is 0.850. The van der Waals surface area contributed by atoms with E-state index in [0.717, 1.165) is 19.7 Å². The summed E-state index contributed by atoms with van der Waals surface area (Å²) in [5.41, 5.74) is 0.579. The van der Waals surface area contributed by atoms with Gasteiger partial charge in [0.05, 0.1) is 25.4 Å². The Morgan fingerprint density at radius 1 is 1.47 bits per heavy atom. The predicted molar refractivity (Wildman–Crippen MR) is 63.8 cm³/mol. The molecule has 1 aliphatic heterocycles. The summed E-state index contributed by atoms with van der Waals surface area (Å²) in [5.74, 6) is 0.989. The molecule has 1 aromatic carbocycles. The van der Waals surface area contributed by atoms with E-state index in [1.165, 1.54) is 0 Å². The second-order valence-corrected chi connectivity index (χ2v) is 4.06. The Morgan fingerprint density at radius 2 is 2.35 bits per heavy atom. The number of nitrogens with zero attached hydrogens (tertiary/aromatic N) is 1. The third kappa shape index (κ3) is 3.45. The van der Waals surface area contributed by atoms with Crippen molar-refractivity contribution in [2.45, 2.75) is 0 Å². The number of nitrogens with one attached hydrogen (secondary N) is 1. The lowest BCUT2D eigenvalue weighted by Gasteiger charge is -2.15. The average molecular weight is 232 g/mol. The van der Waals surface area contributed by atoms with E-state index in [2.05, 4.69) is 11.4 Å². The fourth-order valence-electron chi connectivity index (χ4n) is 1.76. The summed E-state index contributed by atoms with van der Waals surface area (Å²) in [6.45, 7) is 3.83. The van der Waals surface area contributed by atoms with E-state index in [0.29, 0.717) is 30.4 Å². The van der Waals surface area contributed by atoms with Crippen LogP contribution in [0.2, 0.25) is 0 Å². The topological polar surface area (TPSA) is 54.3 Å². The Balaban J connectivity index is 1.90. The number of benzene rings is 1. The summed E-state index contributed by atoms with van der Waals surface area (Å²) in [5, 5.41) is 12.2. The van der Waals surface area contributed by atoms with Crippen LogP contribution in [-0.4, -0.2) is 32.9 Å². The molecule has 1 atom stereocenters. The first-order valence-corrected chi connectivity index (χ1v) is 5.80. The van der Waals surface area contributed by atoms with Crippen molar-refractivity contribution in [2.24, 2.45) is 5.92 Å². The highest BCUT2D eigenvalue weighted by molar-refractivity contribution is 5.42. The lowest BCUT2D eigenvalue weighted by molar-refractivity contribution is 0.101. The molecule has 1 saturated heterocycles. The minimum absolute atomic E-state index is 0.337. The zero-order chi connectivity index (χ0) is 11.9. The van der Waals surface area contributed by atoms with Gasteiger partial charge in [-0.15, -0.1) is 0 Å². The average Bonchev–Trinajstić information content (AvgIpc) is 2.65. The Bertz CT molecular complexity index is 393. The van der Waals surface area contributed by atoms with Crippen LogP contribution >= 0.6 is 0 Å². The highest BCUT2D eigenvalue weighted by Crippen LogP contribution is 2.17. The molecule has 0 bridgehead atoms. The number of para-hydroxylation sites is 1. The van der Waals surface area contributed by atoms with Gasteiger partial charge >= 0.3 is 0 Å². The first-order chi connectivity index (χ1) is 8.40. The molecular weight excluding hydrogens is 216 g/mol.